The van der Waals surface area contributed by atoms with Crippen LogP contribution >= 0.6 is 0 Å². The zero-order valence-electron chi connectivity index (χ0n) is 16.8. The first-order chi connectivity index (χ1) is 14.1. The molecule has 4 rings (SSSR count). The van der Waals surface area contributed by atoms with E-state index in [1.54, 1.807) is 6.20 Å². The Hall–Kier alpha value is -3.18. The van der Waals surface area contributed by atoms with E-state index >= 15 is 0 Å². The van der Waals surface area contributed by atoms with Gasteiger partial charge in [-0.25, -0.2) is 0 Å². The van der Waals surface area contributed by atoms with Crippen LogP contribution < -0.4 is 10.1 Å². The molecule has 2 heterocycles. The van der Waals surface area contributed by atoms with Gasteiger partial charge in [-0.1, -0.05) is 30.3 Å². The number of carbonyl (C=O) groups excluding carboxylic acids is 1. The van der Waals surface area contributed by atoms with Crippen molar-refractivity contribution < 1.29 is 9.53 Å². The molecule has 29 heavy (non-hydrogen) atoms. The number of benzene rings is 2. The number of hydrogen-bond acceptors (Lipinski definition) is 4. The van der Waals surface area contributed by atoms with Crippen LogP contribution in [0.15, 0.2) is 67.0 Å². The molecule has 2 aromatic carbocycles. The third-order valence-electron chi connectivity index (χ3n) is 5.19. The first-order valence-corrected chi connectivity index (χ1v) is 9.82. The fourth-order valence-corrected chi connectivity index (χ4v) is 3.60. The molecule has 0 radical (unpaired) electrons. The molecule has 0 fully saturated rings. The number of ether oxygens (including phenoxy) is 1. The van der Waals surface area contributed by atoms with Gasteiger partial charge in [-0.15, -0.1) is 0 Å². The molecule has 3 aromatic rings. The largest absolute Gasteiger partial charge is 0.488 e. The normalized spacial score (nSPS) is 13.2. The molecule has 5 heteroatoms. The van der Waals surface area contributed by atoms with Crippen LogP contribution in [0.3, 0.4) is 0 Å². The zero-order valence-corrected chi connectivity index (χ0v) is 16.8. The summed E-state index contributed by atoms with van der Waals surface area (Å²) < 4.78 is 5.88. The summed E-state index contributed by atoms with van der Waals surface area (Å²) in [6.07, 6.45) is 4.45. The van der Waals surface area contributed by atoms with E-state index in [-0.39, 0.29) is 11.9 Å². The number of rotatable bonds is 6. The highest BCUT2D eigenvalue weighted by Crippen LogP contribution is 2.37. The summed E-state index contributed by atoms with van der Waals surface area (Å²) in [5, 5.41) is 3.20. The van der Waals surface area contributed by atoms with Crippen molar-refractivity contribution in [3.8, 4) is 16.9 Å². The number of pyridine rings is 1. The van der Waals surface area contributed by atoms with Crippen LogP contribution in [-0.4, -0.2) is 36.4 Å². The van der Waals surface area contributed by atoms with Crippen LogP contribution in [0.4, 0.5) is 0 Å². The average Bonchev–Trinajstić information content (AvgIpc) is 2.76. The van der Waals surface area contributed by atoms with Gasteiger partial charge in [0, 0.05) is 29.1 Å². The predicted octanol–water partition coefficient (Wildman–Crippen LogP) is 4.06. The van der Waals surface area contributed by atoms with E-state index in [4.69, 9.17) is 4.74 Å². The Morgan fingerprint density at radius 3 is 2.76 bits per heavy atom. The molecule has 1 aromatic heterocycles. The average molecular weight is 387 g/mol. The summed E-state index contributed by atoms with van der Waals surface area (Å²) in [7, 11) is 4.08. The maximum atomic E-state index is 13.0. The van der Waals surface area contributed by atoms with Crippen molar-refractivity contribution >= 4 is 5.91 Å². The van der Waals surface area contributed by atoms with Gasteiger partial charge in [0.2, 0.25) is 0 Å². The predicted molar refractivity (Wildman–Crippen MR) is 114 cm³/mol. The van der Waals surface area contributed by atoms with Crippen molar-refractivity contribution in [2.75, 3.05) is 20.6 Å². The smallest absolute Gasteiger partial charge is 0.251 e. The van der Waals surface area contributed by atoms with Crippen LogP contribution in [0.1, 0.15) is 33.9 Å². The lowest BCUT2D eigenvalue weighted by molar-refractivity contribution is 0.0932. The van der Waals surface area contributed by atoms with E-state index in [0.29, 0.717) is 12.2 Å². The van der Waals surface area contributed by atoms with Gasteiger partial charge >= 0.3 is 0 Å². The molecule has 1 N–H and O–H groups in total. The number of nitrogens with one attached hydrogen (secondary N) is 1. The first kappa shape index (κ1) is 19.2. The maximum Gasteiger partial charge on any atom is 0.251 e. The summed E-state index contributed by atoms with van der Waals surface area (Å²) in [5.41, 5.74) is 4.88. The number of amides is 1. The molecule has 1 atom stereocenters. The van der Waals surface area contributed by atoms with Gasteiger partial charge < -0.3 is 15.0 Å². The van der Waals surface area contributed by atoms with E-state index in [1.165, 1.54) is 0 Å². The second-order valence-corrected chi connectivity index (χ2v) is 7.56. The summed E-state index contributed by atoms with van der Waals surface area (Å²) >= 11 is 0. The van der Waals surface area contributed by atoms with Gasteiger partial charge in [0.1, 0.15) is 12.4 Å². The molecule has 1 aliphatic rings. The van der Waals surface area contributed by atoms with E-state index in [0.717, 1.165) is 41.0 Å². The van der Waals surface area contributed by atoms with Crippen LogP contribution in [-0.2, 0) is 6.61 Å². The Bertz CT molecular complexity index is 1000. The van der Waals surface area contributed by atoms with E-state index in [9.17, 15) is 4.79 Å². The molecule has 0 saturated heterocycles. The quantitative estimate of drug-likeness (QED) is 0.693. The van der Waals surface area contributed by atoms with Crippen molar-refractivity contribution in [1.82, 2.24) is 15.2 Å². The van der Waals surface area contributed by atoms with Crippen LogP contribution in [0.5, 0.6) is 5.75 Å². The zero-order chi connectivity index (χ0) is 20.2. The van der Waals surface area contributed by atoms with Crippen LogP contribution in [0.2, 0.25) is 0 Å². The lowest BCUT2D eigenvalue weighted by Gasteiger charge is -2.23. The van der Waals surface area contributed by atoms with Gasteiger partial charge in [0.15, 0.2) is 0 Å². The van der Waals surface area contributed by atoms with Crippen molar-refractivity contribution in [3.05, 3.63) is 83.7 Å². The molecular weight excluding hydrogens is 362 g/mol. The third-order valence-corrected chi connectivity index (χ3v) is 5.19. The van der Waals surface area contributed by atoms with Crippen LogP contribution in [0, 0.1) is 0 Å². The minimum Gasteiger partial charge on any atom is -0.488 e. The Labute approximate surface area is 171 Å². The topological polar surface area (TPSA) is 54.5 Å². The number of carbonyl (C=O) groups is 1. The molecule has 5 nitrogen and oxygen atoms in total. The molecular formula is C24H25N3O2. The number of hydrogen-bond donors (Lipinski definition) is 1. The van der Waals surface area contributed by atoms with Gasteiger partial charge in [0.25, 0.3) is 5.91 Å². The Morgan fingerprint density at radius 1 is 1.14 bits per heavy atom. The van der Waals surface area contributed by atoms with Crippen molar-refractivity contribution in [3.63, 3.8) is 0 Å². The standard InChI is InChI=1S/C24H25N3O2/c1-27(2)13-11-22(17-6-4-3-5-7-17)26-24(28)18-8-9-21-20-10-12-25-15-19(20)16-29-23(21)14-18/h3-10,12,14-15,22H,11,13,16H2,1-2H3,(H,26,28). The number of aromatic nitrogens is 1. The van der Waals surface area contributed by atoms with Crippen LogP contribution in [0.25, 0.3) is 11.1 Å². The van der Waals surface area contributed by atoms with Gasteiger partial charge in [-0.05, 0) is 62.5 Å². The fourth-order valence-electron chi connectivity index (χ4n) is 3.60. The Kier molecular flexibility index (Phi) is 5.58. The fraction of sp³-hybridized carbons (Fsp3) is 0.250. The highest BCUT2D eigenvalue weighted by molar-refractivity contribution is 5.96. The molecule has 1 amide bonds. The number of fused-ring (bicyclic) bond motifs is 3. The Balaban J connectivity index is 1.56. The third kappa shape index (κ3) is 4.30. The second-order valence-electron chi connectivity index (χ2n) is 7.56. The van der Waals surface area contributed by atoms with Crippen molar-refractivity contribution in [2.24, 2.45) is 0 Å². The molecule has 0 saturated carbocycles. The van der Waals surface area contributed by atoms with Gasteiger partial charge in [0.05, 0.1) is 6.04 Å². The minimum atomic E-state index is -0.0930. The molecule has 1 unspecified atom stereocenters. The van der Waals surface area contributed by atoms with E-state index < -0.39 is 0 Å². The Morgan fingerprint density at radius 2 is 1.97 bits per heavy atom. The lowest BCUT2D eigenvalue weighted by atomic mass is 9.97. The maximum absolute atomic E-state index is 13.0. The minimum absolute atomic E-state index is 0.0464. The SMILES string of the molecule is CN(C)CCC(NC(=O)c1ccc2c(c1)OCc1cnccc1-2)c1ccccc1. The first-order valence-electron chi connectivity index (χ1n) is 9.82. The highest BCUT2D eigenvalue weighted by Gasteiger charge is 2.21. The summed E-state index contributed by atoms with van der Waals surface area (Å²) in [6, 6.07) is 17.7. The summed E-state index contributed by atoms with van der Waals surface area (Å²) in [4.78, 5) is 19.3. The van der Waals surface area contributed by atoms with Crippen molar-refractivity contribution in [1.29, 1.82) is 0 Å². The summed E-state index contributed by atoms with van der Waals surface area (Å²) in [5.74, 6) is 0.644. The van der Waals surface area contributed by atoms with E-state index in [2.05, 4.69) is 27.3 Å². The van der Waals surface area contributed by atoms with E-state index in [1.807, 2.05) is 62.8 Å². The molecule has 0 spiro atoms. The van der Waals surface area contributed by atoms with Crippen molar-refractivity contribution in [2.45, 2.75) is 19.1 Å². The highest BCUT2D eigenvalue weighted by atomic mass is 16.5. The number of nitrogens with zero attached hydrogens (tertiary/aromatic N) is 2. The molecule has 0 aliphatic carbocycles. The monoisotopic (exact) mass is 387 g/mol. The van der Waals surface area contributed by atoms with Gasteiger partial charge in [-0.2, -0.15) is 0 Å². The molecule has 1 aliphatic heterocycles. The summed E-state index contributed by atoms with van der Waals surface area (Å²) in [6.45, 7) is 1.36. The molecule has 148 valence electrons. The molecule has 0 bridgehead atoms. The van der Waals surface area contributed by atoms with Gasteiger partial charge in [-0.3, -0.25) is 9.78 Å². The lowest BCUT2D eigenvalue weighted by Crippen LogP contribution is -2.31. The second kappa shape index (κ2) is 8.45.